The standard InChI is InChI=1S/C9H12F2N2/c1-6-2-3-7(10)9(8(6)11)13-5-4-12/h2-3,13H,4-5,12H2,1H3. The maximum Gasteiger partial charge on any atom is 0.152 e. The van der Waals surface area contributed by atoms with Crippen molar-refractivity contribution in [1.82, 2.24) is 0 Å². The Kier molecular flexibility index (Phi) is 3.19. The second-order valence-corrected chi connectivity index (χ2v) is 2.77. The number of aryl methyl sites for hydroxylation is 1. The zero-order valence-electron chi connectivity index (χ0n) is 7.40. The summed E-state index contributed by atoms with van der Waals surface area (Å²) in [6.07, 6.45) is 0. The van der Waals surface area contributed by atoms with Crippen LogP contribution >= 0.6 is 0 Å². The maximum absolute atomic E-state index is 13.2. The SMILES string of the molecule is Cc1ccc(F)c(NCCN)c1F. The van der Waals surface area contributed by atoms with E-state index in [1.807, 2.05) is 0 Å². The van der Waals surface area contributed by atoms with Gasteiger partial charge < -0.3 is 11.1 Å². The highest BCUT2D eigenvalue weighted by Crippen LogP contribution is 2.20. The number of hydrogen-bond acceptors (Lipinski definition) is 2. The van der Waals surface area contributed by atoms with Crippen molar-refractivity contribution in [2.45, 2.75) is 6.92 Å². The van der Waals surface area contributed by atoms with Crippen molar-refractivity contribution in [2.24, 2.45) is 5.73 Å². The molecule has 0 aliphatic heterocycles. The fourth-order valence-corrected chi connectivity index (χ4v) is 1.02. The average Bonchev–Trinajstić information content (AvgIpc) is 2.12. The Morgan fingerprint density at radius 2 is 2.08 bits per heavy atom. The molecular weight excluding hydrogens is 174 g/mol. The van der Waals surface area contributed by atoms with Crippen LogP contribution in [-0.2, 0) is 0 Å². The highest BCUT2D eigenvalue weighted by molar-refractivity contribution is 5.48. The first kappa shape index (κ1) is 9.92. The molecule has 0 aliphatic carbocycles. The molecule has 0 fully saturated rings. The Morgan fingerprint density at radius 1 is 1.38 bits per heavy atom. The van der Waals surface area contributed by atoms with Gasteiger partial charge in [-0.1, -0.05) is 6.07 Å². The predicted octanol–water partition coefficient (Wildman–Crippen LogP) is 1.64. The number of anilines is 1. The smallest absolute Gasteiger partial charge is 0.152 e. The van der Waals surface area contributed by atoms with Crippen molar-refractivity contribution in [3.05, 3.63) is 29.3 Å². The second kappa shape index (κ2) is 4.18. The third-order valence-electron chi connectivity index (χ3n) is 1.73. The molecule has 0 saturated carbocycles. The summed E-state index contributed by atoms with van der Waals surface area (Å²) in [6, 6.07) is 2.63. The van der Waals surface area contributed by atoms with Crippen LogP contribution in [0.4, 0.5) is 14.5 Å². The van der Waals surface area contributed by atoms with E-state index in [-0.39, 0.29) is 5.69 Å². The molecule has 0 aromatic heterocycles. The van der Waals surface area contributed by atoms with Crippen LogP contribution in [0.5, 0.6) is 0 Å². The topological polar surface area (TPSA) is 38.0 Å². The van der Waals surface area contributed by atoms with E-state index in [0.29, 0.717) is 18.7 Å². The van der Waals surface area contributed by atoms with Gasteiger partial charge in [-0.15, -0.1) is 0 Å². The summed E-state index contributed by atoms with van der Waals surface area (Å²) in [7, 11) is 0. The third-order valence-corrected chi connectivity index (χ3v) is 1.73. The quantitative estimate of drug-likeness (QED) is 0.753. The van der Waals surface area contributed by atoms with Gasteiger partial charge >= 0.3 is 0 Å². The molecule has 0 radical (unpaired) electrons. The number of nitrogens with one attached hydrogen (secondary N) is 1. The molecule has 2 nitrogen and oxygen atoms in total. The molecule has 72 valence electrons. The maximum atomic E-state index is 13.2. The monoisotopic (exact) mass is 186 g/mol. The molecule has 0 unspecified atom stereocenters. The summed E-state index contributed by atoms with van der Waals surface area (Å²) in [5.74, 6) is -1.13. The number of nitrogens with two attached hydrogens (primary N) is 1. The fourth-order valence-electron chi connectivity index (χ4n) is 1.02. The molecule has 1 rings (SSSR count). The van der Waals surface area contributed by atoms with Gasteiger partial charge in [0.1, 0.15) is 11.5 Å². The van der Waals surface area contributed by atoms with E-state index in [4.69, 9.17) is 5.73 Å². The summed E-state index contributed by atoms with van der Waals surface area (Å²) in [5, 5.41) is 2.60. The Bertz CT molecular complexity index is 300. The van der Waals surface area contributed by atoms with Crippen LogP contribution < -0.4 is 11.1 Å². The van der Waals surface area contributed by atoms with Crippen LogP contribution in [-0.4, -0.2) is 13.1 Å². The van der Waals surface area contributed by atoms with Crippen molar-refractivity contribution < 1.29 is 8.78 Å². The number of benzene rings is 1. The number of halogens is 2. The van der Waals surface area contributed by atoms with E-state index < -0.39 is 11.6 Å². The Labute approximate surface area is 75.7 Å². The van der Waals surface area contributed by atoms with Crippen LogP contribution in [0, 0.1) is 18.6 Å². The van der Waals surface area contributed by atoms with E-state index in [1.165, 1.54) is 12.1 Å². The van der Waals surface area contributed by atoms with Crippen LogP contribution in [0.3, 0.4) is 0 Å². The van der Waals surface area contributed by atoms with Crippen molar-refractivity contribution >= 4 is 5.69 Å². The number of rotatable bonds is 3. The van der Waals surface area contributed by atoms with Gasteiger partial charge in [0.05, 0.1) is 0 Å². The summed E-state index contributed by atoms with van der Waals surface area (Å²) in [5.41, 5.74) is 5.53. The lowest BCUT2D eigenvalue weighted by molar-refractivity contribution is 0.582. The summed E-state index contributed by atoms with van der Waals surface area (Å²) in [4.78, 5) is 0. The molecular formula is C9H12F2N2. The molecule has 4 heteroatoms. The Morgan fingerprint density at radius 3 is 2.69 bits per heavy atom. The zero-order chi connectivity index (χ0) is 9.84. The van der Waals surface area contributed by atoms with E-state index in [0.717, 1.165) is 0 Å². The fraction of sp³-hybridized carbons (Fsp3) is 0.333. The van der Waals surface area contributed by atoms with Crippen molar-refractivity contribution in [2.75, 3.05) is 18.4 Å². The summed E-state index contributed by atoms with van der Waals surface area (Å²) in [6.45, 7) is 2.28. The lowest BCUT2D eigenvalue weighted by atomic mass is 10.2. The van der Waals surface area contributed by atoms with Crippen LogP contribution in [0.15, 0.2) is 12.1 Å². The zero-order valence-corrected chi connectivity index (χ0v) is 7.40. The number of hydrogen-bond donors (Lipinski definition) is 2. The third kappa shape index (κ3) is 2.15. The highest BCUT2D eigenvalue weighted by atomic mass is 19.1. The van der Waals surface area contributed by atoms with Gasteiger partial charge in [-0.25, -0.2) is 8.78 Å². The first-order valence-electron chi connectivity index (χ1n) is 4.05. The molecule has 0 aliphatic rings. The molecule has 0 heterocycles. The molecule has 0 amide bonds. The first-order chi connectivity index (χ1) is 6.16. The molecule has 0 atom stereocenters. The van der Waals surface area contributed by atoms with E-state index in [9.17, 15) is 8.78 Å². The van der Waals surface area contributed by atoms with Gasteiger partial charge in [0, 0.05) is 13.1 Å². The molecule has 1 aromatic carbocycles. The van der Waals surface area contributed by atoms with Crippen molar-refractivity contribution in [3.8, 4) is 0 Å². The van der Waals surface area contributed by atoms with E-state index in [1.54, 1.807) is 6.92 Å². The van der Waals surface area contributed by atoms with Gasteiger partial charge in [-0.3, -0.25) is 0 Å². The highest BCUT2D eigenvalue weighted by Gasteiger charge is 2.09. The minimum Gasteiger partial charge on any atom is -0.379 e. The second-order valence-electron chi connectivity index (χ2n) is 2.77. The van der Waals surface area contributed by atoms with Gasteiger partial charge in [-0.05, 0) is 18.6 Å². The molecule has 13 heavy (non-hydrogen) atoms. The van der Waals surface area contributed by atoms with E-state index >= 15 is 0 Å². The lowest BCUT2D eigenvalue weighted by Gasteiger charge is -2.08. The van der Waals surface area contributed by atoms with Crippen molar-refractivity contribution in [1.29, 1.82) is 0 Å². The minimum atomic E-state index is -0.587. The summed E-state index contributed by atoms with van der Waals surface area (Å²) < 4.78 is 26.3. The van der Waals surface area contributed by atoms with Crippen LogP contribution in [0.1, 0.15) is 5.56 Å². The minimum absolute atomic E-state index is 0.0922. The molecule has 1 aromatic rings. The lowest BCUT2D eigenvalue weighted by Crippen LogP contribution is -2.15. The van der Waals surface area contributed by atoms with Crippen LogP contribution in [0.2, 0.25) is 0 Å². The van der Waals surface area contributed by atoms with Gasteiger partial charge in [0.15, 0.2) is 5.82 Å². The Balaban J connectivity index is 2.96. The van der Waals surface area contributed by atoms with Crippen molar-refractivity contribution in [3.63, 3.8) is 0 Å². The van der Waals surface area contributed by atoms with Gasteiger partial charge in [-0.2, -0.15) is 0 Å². The average molecular weight is 186 g/mol. The van der Waals surface area contributed by atoms with E-state index in [2.05, 4.69) is 5.32 Å². The van der Waals surface area contributed by atoms with Gasteiger partial charge in [0.2, 0.25) is 0 Å². The summed E-state index contributed by atoms with van der Waals surface area (Å²) >= 11 is 0. The molecule has 0 saturated heterocycles. The Hall–Kier alpha value is -1.16. The largest absolute Gasteiger partial charge is 0.379 e. The molecule has 0 bridgehead atoms. The van der Waals surface area contributed by atoms with Crippen LogP contribution in [0.25, 0.3) is 0 Å². The first-order valence-corrected chi connectivity index (χ1v) is 4.05. The predicted molar refractivity (Wildman–Crippen MR) is 48.6 cm³/mol. The molecule has 3 N–H and O–H groups in total. The normalized spacial score (nSPS) is 10.2. The molecule has 0 spiro atoms. The van der Waals surface area contributed by atoms with Gasteiger partial charge in [0.25, 0.3) is 0 Å².